The predicted octanol–water partition coefficient (Wildman–Crippen LogP) is 5.50. The van der Waals surface area contributed by atoms with E-state index in [0.717, 1.165) is 18.7 Å². The van der Waals surface area contributed by atoms with Crippen LogP contribution in [-0.2, 0) is 13.9 Å². The lowest BCUT2D eigenvalue weighted by atomic mass is 10.3. The minimum absolute atomic E-state index is 0.0106. The minimum Gasteiger partial charge on any atom is -0.420 e. The molecule has 0 spiro atoms. The molecule has 0 amide bonds. The van der Waals surface area contributed by atoms with Gasteiger partial charge in [0.1, 0.15) is 5.75 Å². The van der Waals surface area contributed by atoms with Crippen LogP contribution >= 0.6 is 19.4 Å². The van der Waals surface area contributed by atoms with Gasteiger partial charge in [-0.1, -0.05) is 43.5 Å². The zero-order chi connectivity index (χ0) is 18.2. The molecular weight excluding hydrogens is 357 g/mol. The maximum absolute atomic E-state index is 14.3. The molecular formula is C16H21F2O4PS. The van der Waals surface area contributed by atoms with Gasteiger partial charge in [-0.2, -0.15) is 8.78 Å². The van der Waals surface area contributed by atoms with Gasteiger partial charge >= 0.3 is 13.3 Å². The average molecular weight is 378 g/mol. The summed E-state index contributed by atoms with van der Waals surface area (Å²) in [6.45, 7) is 5.80. The number of carbonyl (C=O) groups excluding carboxylic acids is 1. The Morgan fingerprint density at radius 3 is 2.50 bits per heavy atom. The monoisotopic (exact) mass is 378 g/mol. The lowest BCUT2D eigenvalue weighted by molar-refractivity contribution is -0.111. The van der Waals surface area contributed by atoms with E-state index in [2.05, 4.69) is 6.58 Å². The van der Waals surface area contributed by atoms with Crippen molar-refractivity contribution in [1.29, 1.82) is 0 Å². The Hall–Kier alpha value is -1.17. The Labute approximate surface area is 145 Å². The molecule has 0 aliphatic carbocycles. The first-order chi connectivity index (χ1) is 11.2. The molecule has 0 aromatic heterocycles. The molecule has 0 bridgehead atoms. The molecule has 0 radical (unpaired) electrons. The standard InChI is InChI=1S/C16H21F2O4PS/c1-4-8-15(19)24-12-11-21-23(20,16(17,18)13(2)3)22-14-9-6-5-7-10-14/h5-7,9-10H,2,4,8,11-12H2,1,3H3. The fourth-order valence-corrected chi connectivity index (χ4v) is 4.00. The number of hydrogen-bond donors (Lipinski definition) is 0. The number of benzene rings is 1. The zero-order valence-corrected chi connectivity index (χ0v) is 15.4. The normalized spacial score (nSPS) is 14.0. The summed E-state index contributed by atoms with van der Waals surface area (Å²) >= 11 is 0.959. The van der Waals surface area contributed by atoms with Crippen LogP contribution in [0.1, 0.15) is 26.7 Å². The molecule has 0 N–H and O–H groups in total. The fraction of sp³-hybridized carbons (Fsp3) is 0.438. The van der Waals surface area contributed by atoms with Gasteiger partial charge in [0.2, 0.25) is 0 Å². The third-order valence-corrected chi connectivity index (χ3v) is 5.83. The number of carbonyl (C=O) groups is 1. The molecule has 1 atom stereocenters. The molecule has 1 unspecified atom stereocenters. The SMILES string of the molecule is C=C(C)C(F)(F)P(=O)(OCCSC(=O)CCC)Oc1ccccc1. The first kappa shape index (κ1) is 20.9. The van der Waals surface area contributed by atoms with Crippen LogP contribution in [0.2, 0.25) is 0 Å². The van der Waals surface area contributed by atoms with Crippen molar-refractivity contribution in [3.05, 3.63) is 42.5 Å². The maximum atomic E-state index is 14.3. The molecule has 4 nitrogen and oxygen atoms in total. The molecule has 0 aliphatic heterocycles. The van der Waals surface area contributed by atoms with Crippen LogP contribution in [0.15, 0.2) is 42.5 Å². The van der Waals surface area contributed by atoms with Crippen LogP contribution in [0.5, 0.6) is 5.75 Å². The molecule has 8 heteroatoms. The van der Waals surface area contributed by atoms with Crippen molar-refractivity contribution in [1.82, 2.24) is 0 Å². The number of allylic oxidation sites excluding steroid dienone is 1. The van der Waals surface area contributed by atoms with E-state index in [4.69, 9.17) is 9.05 Å². The van der Waals surface area contributed by atoms with E-state index in [-0.39, 0.29) is 23.2 Å². The Morgan fingerprint density at radius 1 is 1.33 bits per heavy atom. The van der Waals surface area contributed by atoms with E-state index in [1.807, 2.05) is 6.92 Å². The highest BCUT2D eigenvalue weighted by molar-refractivity contribution is 8.13. The van der Waals surface area contributed by atoms with Crippen LogP contribution in [0.25, 0.3) is 0 Å². The van der Waals surface area contributed by atoms with Gasteiger partial charge in [-0.25, -0.2) is 4.57 Å². The molecule has 0 aliphatic rings. The van der Waals surface area contributed by atoms with Crippen molar-refractivity contribution >= 4 is 24.5 Å². The van der Waals surface area contributed by atoms with Crippen LogP contribution in [0.4, 0.5) is 8.78 Å². The van der Waals surface area contributed by atoms with E-state index >= 15 is 0 Å². The summed E-state index contributed by atoms with van der Waals surface area (Å²) in [5.41, 5.74) is -4.45. The van der Waals surface area contributed by atoms with Crippen LogP contribution in [0, 0.1) is 0 Å². The van der Waals surface area contributed by atoms with E-state index in [1.165, 1.54) is 12.1 Å². The maximum Gasteiger partial charge on any atom is 0.452 e. The third-order valence-electron chi connectivity index (χ3n) is 2.89. The quantitative estimate of drug-likeness (QED) is 0.305. The second kappa shape index (κ2) is 9.35. The number of para-hydroxylation sites is 1. The molecule has 1 aromatic rings. The minimum atomic E-state index is -4.83. The second-order valence-electron chi connectivity index (χ2n) is 5.03. The van der Waals surface area contributed by atoms with Gasteiger partial charge in [-0.3, -0.25) is 9.32 Å². The number of rotatable bonds is 10. The zero-order valence-electron chi connectivity index (χ0n) is 13.7. The molecule has 1 rings (SSSR count). The summed E-state index contributed by atoms with van der Waals surface area (Å²) in [4.78, 5) is 11.4. The molecule has 0 saturated heterocycles. The highest BCUT2D eigenvalue weighted by Crippen LogP contribution is 2.63. The smallest absolute Gasteiger partial charge is 0.420 e. The lowest BCUT2D eigenvalue weighted by Crippen LogP contribution is -2.23. The third kappa shape index (κ3) is 5.72. The van der Waals surface area contributed by atoms with Gasteiger partial charge < -0.3 is 4.52 Å². The molecule has 0 fully saturated rings. The summed E-state index contributed by atoms with van der Waals surface area (Å²) in [5, 5.41) is -0.0634. The topological polar surface area (TPSA) is 52.6 Å². The van der Waals surface area contributed by atoms with Crippen molar-refractivity contribution in [3.63, 3.8) is 0 Å². The van der Waals surface area contributed by atoms with Gasteiger partial charge in [0.15, 0.2) is 5.12 Å². The number of thioether (sulfide) groups is 1. The van der Waals surface area contributed by atoms with Gasteiger partial charge in [0.25, 0.3) is 0 Å². The lowest BCUT2D eigenvalue weighted by Gasteiger charge is -2.26. The molecule has 1 aromatic carbocycles. The molecule has 0 saturated carbocycles. The second-order valence-corrected chi connectivity index (χ2v) is 8.18. The van der Waals surface area contributed by atoms with Crippen molar-refractivity contribution in [2.24, 2.45) is 0 Å². The predicted molar refractivity (Wildman–Crippen MR) is 92.8 cm³/mol. The van der Waals surface area contributed by atoms with Crippen LogP contribution < -0.4 is 4.52 Å². The van der Waals surface area contributed by atoms with E-state index in [0.29, 0.717) is 12.8 Å². The molecule has 0 heterocycles. The van der Waals surface area contributed by atoms with Crippen LogP contribution in [0.3, 0.4) is 0 Å². The fourth-order valence-electron chi connectivity index (χ4n) is 1.61. The Bertz CT molecular complexity index is 607. The van der Waals surface area contributed by atoms with Gasteiger partial charge in [-0.15, -0.1) is 0 Å². The number of hydrogen-bond acceptors (Lipinski definition) is 5. The summed E-state index contributed by atoms with van der Waals surface area (Å²) in [5.74, 6) is 0.129. The Kier molecular flexibility index (Phi) is 8.13. The van der Waals surface area contributed by atoms with Crippen molar-refractivity contribution in [2.75, 3.05) is 12.4 Å². The van der Waals surface area contributed by atoms with Crippen molar-refractivity contribution < 1.29 is 27.2 Å². The number of halogens is 2. The Balaban J connectivity index is 2.81. The van der Waals surface area contributed by atoms with Crippen LogP contribution in [-0.4, -0.2) is 23.1 Å². The van der Waals surface area contributed by atoms with Crippen molar-refractivity contribution in [3.8, 4) is 5.75 Å². The highest BCUT2D eigenvalue weighted by Gasteiger charge is 2.55. The summed E-state index contributed by atoms with van der Waals surface area (Å²) in [7, 11) is -4.83. The summed E-state index contributed by atoms with van der Waals surface area (Å²) in [6, 6.07) is 7.62. The molecule has 134 valence electrons. The summed E-state index contributed by atoms with van der Waals surface area (Å²) in [6.07, 6.45) is 1.10. The van der Waals surface area contributed by atoms with Gasteiger partial charge in [0, 0.05) is 17.7 Å². The van der Waals surface area contributed by atoms with E-state index in [9.17, 15) is 18.1 Å². The highest BCUT2D eigenvalue weighted by atomic mass is 32.2. The van der Waals surface area contributed by atoms with E-state index in [1.54, 1.807) is 18.2 Å². The largest absolute Gasteiger partial charge is 0.452 e. The van der Waals surface area contributed by atoms with Gasteiger partial charge in [0.05, 0.1) is 6.61 Å². The summed E-state index contributed by atoms with van der Waals surface area (Å²) < 4.78 is 51.2. The number of alkyl halides is 2. The Morgan fingerprint density at radius 2 is 1.96 bits per heavy atom. The van der Waals surface area contributed by atoms with E-state index < -0.39 is 18.8 Å². The first-order valence-corrected chi connectivity index (χ1v) is 9.94. The molecule has 24 heavy (non-hydrogen) atoms. The first-order valence-electron chi connectivity index (χ1n) is 7.41. The van der Waals surface area contributed by atoms with Crippen molar-refractivity contribution in [2.45, 2.75) is 32.4 Å². The van der Waals surface area contributed by atoms with Gasteiger partial charge in [-0.05, 0) is 25.5 Å². The average Bonchev–Trinajstić information content (AvgIpc) is 2.52.